The van der Waals surface area contributed by atoms with Crippen molar-refractivity contribution in [3.05, 3.63) is 64.9 Å². The van der Waals surface area contributed by atoms with Crippen LogP contribution in [0.3, 0.4) is 0 Å². The Hall–Kier alpha value is -3.23. The third-order valence-electron chi connectivity index (χ3n) is 8.17. The molecule has 3 aliphatic rings. The maximum Gasteiger partial charge on any atom is 0.335 e. The van der Waals surface area contributed by atoms with Crippen LogP contribution in [-0.4, -0.2) is 39.4 Å². The molecule has 8 heteroatoms. The Morgan fingerprint density at radius 3 is 2.65 bits per heavy atom. The van der Waals surface area contributed by atoms with Gasteiger partial charge in [0.15, 0.2) is 5.13 Å². The number of carboxylic acids is 1. The van der Waals surface area contributed by atoms with Crippen molar-refractivity contribution in [2.45, 2.75) is 76.2 Å². The summed E-state index contributed by atoms with van der Waals surface area (Å²) in [6, 6.07) is 14.3. The highest BCUT2D eigenvalue weighted by molar-refractivity contribution is 7.22. The molecule has 0 amide bonds. The Morgan fingerprint density at radius 2 is 1.92 bits per heavy atom. The van der Waals surface area contributed by atoms with E-state index < -0.39 is 5.97 Å². The molecule has 2 aromatic heterocycles. The number of rotatable bonds is 7. The third-order valence-corrected chi connectivity index (χ3v) is 9.20. The van der Waals surface area contributed by atoms with Crippen molar-refractivity contribution in [1.29, 1.82) is 0 Å². The van der Waals surface area contributed by atoms with E-state index in [0.717, 1.165) is 76.5 Å². The number of aromatic nitrogens is 2. The number of anilines is 1. The Bertz CT molecular complexity index is 1480. The van der Waals surface area contributed by atoms with Crippen LogP contribution in [0.25, 0.3) is 21.5 Å². The van der Waals surface area contributed by atoms with Gasteiger partial charge in [0.05, 0.1) is 28.5 Å². The highest BCUT2D eigenvalue weighted by Crippen LogP contribution is 2.46. The summed E-state index contributed by atoms with van der Waals surface area (Å²) >= 11 is 1.60. The minimum absolute atomic E-state index is 0.188. The zero-order valence-electron chi connectivity index (χ0n) is 20.7. The first-order chi connectivity index (χ1) is 18.0. The first-order valence-corrected chi connectivity index (χ1v) is 13.9. The van der Waals surface area contributed by atoms with Gasteiger partial charge in [-0.05, 0) is 69.2 Å². The minimum atomic E-state index is -0.905. The second-order valence-electron chi connectivity index (χ2n) is 10.6. The highest BCUT2D eigenvalue weighted by Gasteiger charge is 2.43. The van der Waals surface area contributed by atoms with Gasteiger partial charge in [-0.2, -0.15) is 0 Å². The molecule has 1 unspecified atom stereocenters. The number of nitrogens with zero attached hydrogens (tertiary/aromatic N) is 3. The third kappa shape index (κ3) is 4.12. The maximum absolute atomic E-state index is 11.4. The molecule has 3 atom stereocenters. The fourth-order valence-electron chi connectivity index (χ4n) is 6.11. The molecule has 190 valence electrons. The standard InChI is InChI=1S/C29H29N3O4S/c1-16-4-2-3-5-22(16)26-23(27(36-31-26)17-6-7-17)15-35-21-13-19-9-10-20(14-21)32(19)29-30-24-11-8-18(28(33)34)12-25(24)37-29/h2-5,8,11-12,17,19-21H,6-7,9-10,13-15H2,1H3,(H,33,34)/t19-,20?,21-/m0/s1. The van der Waals surface area contributed by atoms with Crippen LogP contribution in [0.2, 0.25) is 0 Å². The molecule has 2 saturated heterocycles. The SMILES string of the molecule is Cc1ccccc1-c1noc(C2CC2)c1CO[C@@H]1CC2CC[C@@H](C1)N2c1nc2ccc(C(=O)O)cc2s1. The normalized spacial score (nSPS) is 23.2. The van der Waals surface area contributed by atoms with E-state index in [-0.39, 0.29) is 6.10 Å². The van der Waals surface area contributed by atoms with Gasteiger partial charge in [-0.25, -0.2) is 9.78 Å². The van der Waals surface area contributed by atoms with Crippen LogP contribution in [0.15, 0.2) is 47.0 Å². The fourth-order valence-corrected chi connectivity index (χ4v) is 7.26. The largest absolute Gasteiger partial charge is 0.478 e. The number of hydrogen-bond acceptors (Lipinski definition) is 7. The number of benzene rings is 2. The molecule has 7 rings (SSSR count). The Morgan fingerprint density at radius 1 is 1.14 bits per heavy atom. The predicted octanol–water partition coefficient (Wildman–Crippen LogP) is 6.55. The minimum Gasteiger partial charge on any atom is -0.478 e. The molecule has 1 saturated carbocycles. The lowest BCUT2D eigenvalue weighted by Gasteiger charge is -2.38. The lowest BCUT2D eigenvalue weighted by Crippen LogP contribution is -2.45. The van der Waals surface area contributed by atoms with Gasteiger partial charge in [0.1, 0.15) is 11.5 Å². The van der Waals surface area contributed by atoms with Gasteiger partial charge in [-0.3, -0.25) is 0 Å². The molecule has 2 bridgehead atoms. The van der Waals surface area contributed by atoms with Crippen LogP contribution in [-0.2, 0) is 11.3 Å². The van der Waals surface area contributed by atoms with Gasteiger partial charge >= 0.3 is 5.97 Å². The number of hydrogen-bond donors (Lipinski definition) is 1. The van der Waals surface area contributed by atoms with E-state index in [2.05, 4.69) is 41.2 Å². The first-order valence-electron chi connectivity index (χ1n) is 13.1. The van der Waals surface area contributed by atoms with Crippen molar-refractivity contribution in [2.24, 2.45) is 0 Å². The topological polar surface area (TPSA) is 88.7 Å². The number of fused-ring (bicyclic) bond motifs is 3. The number of carbonyl (C=O) groups is 1. The number of piperidine rings is 1. The van der Waals surface area contributed by atoms with E-state index in [4.69, 9.17) is 14.2 Å². The van der Waals surface area contributed by atoms with Gasteiger partial charge < -0.3 is 19.3 Å². The molecule has 3 fully saturated rings. The molecule has 4 heterocycles. The van der Waals surface area contributed by atoms with Gasteiger partial charge in [0.25, 0.3) is 0 Å². The summed E-state index contributed by atoms with van der Waals surface area (Å²) in [5, 5.41) is 14.8. The lowest BCUT2D eigenvalue weighted by molar-refractivity contribution is 0.0147. The number of ether oxygens (including phenoxy) is 1. The van der Waals surface area contributed by atoms with Crippen LogP contribution in [0.5, 0.6) is 0 Å². The summed E-state index contributed by atoms with van der Waals surface area (Å²) < 4.78 is 13.4. The average Bonchev–Trinajstić information content (AvgIpc) is 3.41. The summed E-state index contributed by atoms with van der Waals surface area (Å²) in [5.41, 5.74) is 5.53. The Kier molecular flexibility index (Phi) is 5.55. The van der Waals surface area contributed by atoms with E-state index >= 15 is 0 Å². The molecule has 37 heavy (non-hydrogen) atoms. The molecule has 4 aromatic rings. The fraction of sp³-hybridized carbons (Fsp3) is 0.414. The Labute approximate surface area is 219 Å². The monoisotopic (exact) mass is 515 g/mol. The van der Waals surface area contributed by atoms with Crippen LogP contribution < -0.4 is 4.90 Å². The van der Waals surface area contributed by atoms with Crippen molar-refractivity contribution in [3.8, 4) is 11.3 Å². The number of aromatic carboxylic acids is 1. The van der Waals surface area contributed by atoms with Crippen LogP contribution >= 0.6 is 11.3 Å². The summed E-state index contributed by atoms with van der Waals surface area (Å²) in [5.74, 6) is 0.578. The second-order valence-corrected chi connectivity index (χ2v) is 11.7. The summed E-state index contributed by atoms with van der Waals surface area (Å²) in [7, 11) is 0. The number of thiazole rings is 1. The van der Waals surface area contributed by atoms with Gasteiger partial charge in [-0.15, -0.1) is 0 Å². The molecule has 0 spiro atoms. The van der Waals surface area contributed by atoms with Crippen molar-refractivity contribution in [2.75, 3.05) is 4.90 Å². The Balaban J connectivity index is 1.09. The van der Waals surface area contributed by atoms with Crippen molar-refractivity contribution in [3.63, 3.8) is 0 Å². The maximum atomic E-state index is 11.4. The van der Waals surface area contributed by atoms with Crippen LogP contribution in [0.4, 0.5) is 5.13 Å². The molecule has 1 aliphatic carbocycles. The quantitative estimate of drug-likeness (QED) is 0.298. The van der Waals surface area contributed by atoms with Crippen LogP contribution in [0.1, 0.15) is 71.7 Å². The molecular formula is C29H29N3O4S. The van der Waals surface area contributed by atoms with E-state index in [1.165, 1.54) is 5.56 Å². The van der Waals surface area contributed by atoms with Gasteiger partial charge in [0.2, 0.25) is 0 Å². The zero-order valence-corrected chi connectivity index (χ0v) is 21.5. The molecular weight excluding hydrogens is 486 g/mol. The van der Waals surface area contributed by atoms with Crippen LogP contribution in [0, 0.1) is 6.92 Å². The summed E-state index contributed by atoms with van der Waals surface area (Å²) in [6.45, 7) is 2.64. The van der Waals surface area contributed by atoms with E-state index in [1.807, 2.05) is 6.07 Å². The second kappa shape index (κ2) is 8.96. The summed E-state index contributed by atoms with van der Waals surface area (Å²) in [4.78, 5) is 18.7. The molecule has 7 nitrogen and oxygen atoms in total. The first kappa shape index (κ1) is 22.9. The van der Waals surface area contributed by atoms with Crippen molar-refractivity contribution >= 4 is 32.7 Å². The smallest absolute Gasteiger partial charge is 0.335 e. The molecule has 0 radical (unpaired) electrons. The summed E-state index contributed by atoms with van der Waals surface area (Å²) in [6.07, 6.45) is 6.72. The number of carboxylic acid groups (broad SMARTS) is 1. The molecule has 2 aromatic carbocycles. The van der Waals surface area contributed by atoms with E-state index in [9.17, 15) is 9.90 Å². The van der Waals surface area contributed by atoms with E-state index in [1.54, 1.807) is 23.5 Å². The molecule has 1 N–H and O–H groups in total. The van der Waals surface area contributed by atoms with E-state index in [0.29, 0.717) is 30.2 Å². The lowest BCUT2D eigenvalue weighted by atomic mass is 9.99. The number of aryl methyl sites for hydroxylation is 1. The zero-order chi connectivity index (χ0) is 25.1. The van der Waals surface area contributed by atoms with Crippen molar-refractivity contribution < 1.29 is 19.2 Å². The predicted molar refractivity (Wildman–Crippen MR) is 142 cm³/mol. The van der Waals surface area contributed by atoms with Crippen molar-refractivity contribution in [1.82, 2.24) is 10.1 Å². The van der Waals surface area contributed by atoms with Gasteiger partial charge in [0, 0.05) is 29.1 Å². The average molecular weight is 516 g/mol. The molecule has 2 aliphatic heterocycles. The highest BCUT2D eigenvalue weighted by atomic mass is 32.1. The van der Waals surface area contributed by atoms with Gasteiger partial charge in [-0.1, -0.05) is 40.8 Å².